The molecule has 1 aliphatic rings. The van der Waals surface area contributed by atoms with Gasteiger partial charge in [0.2, 0.25) is 0 Å². The summed E-state index contributed by atoms with van der Waals surface area (Å²) in [5.41, 5.74) is 3.10. The van der Waals surface area contributed by atoms with Crippen molar-refractivity contribution in [1.82, 2.24) is 14.6 Å². The quantitative estimate of drug-likeness (QED) is 0.849. The molecule has 1 saturated heterocycles. The highest BCUT2D eigenvalue weighted by molar-refractivity contribution is 9.10. The van der Waals surface area contributed by atoms with Crippen molar-refractivity contribution in [2.75, 3.05) is 31.2 Å². The van der Waals surface area contributed by atoms with E-state index in [1.807, 2.05) is 16.8 Å². The maximum atomic E-state index is 5.39. The third kappa shape index (κ3) is 1.89. The lowest BCUT2D eigenvalue weighted by atomic mass is 10.3. The van der Waals surface area contributed by atoms with Gasteiger partial charge in [-0.05, 0) is 28.4 Å². The van der Waals surface area contributed by atoms with Gasteiger partial charge in [0.1, 0.15) is 4.60 Å². The van der Waals surface area contributed by atoms with Crippen LogP contribution in [0.25, 0.3) is 5.65 Å². The molecule has 5 nitrogen and oxygen atoms in total. The summed E-state index contributed by atoms with van der Waals surface area (Å²) in [5.74, 6) is 0. The Balaban J connectivity index is 2.11. The highest BCUT2D eigenvalue weighted by atomic mass is 79.9. The van der Waals surface area contributed by atoms with Gasteiger partial charge in [-0.15, -0.1) is 0 Å². The van der Waals surface area contributed by atoms with Crippen molar-refractivity contribution in [3.05, 3.63) is 22.6 Å². The first-order valence-corrected chi connectivity index (χ1v) is 6.95. The van der Waals surface area contributed by atoms with E-state index in [9.17, 15) is 0 Å². The van der Waals surface area contributed by atoms with Gasteiger partial charge in [-0.1, -0.05) is 6.92 Å². The molecule has 3 heterocycles. The van der Waals surface area contributed by atoms with Gasteiger partial charge in [-0.3, -0.25) is 0 Å². The Labute approximate surface area is 114 Å². The van der Waals surface area contributed by atoms with E-state index in [4.69, 9.17) is 4.74 Å². The van der Waals surface area contributed by atoms with E-state index in [1.165, 1.54) is 0 Å². The van der Waals surface area contributed by atoms with Crippen LogP contribution in [-0.2, 0) is 11.2 Å². The average molecular weight is 311 g/mol. The van der Waals surface area contributed by atoms with Gasteiger partial charge >= 0.3 is 0 Å². The van der Waals surface area contributed by atoms with Gasteiger partial charge in [0, 0.05) is 13.1 Å². The highest BCUT2D eigenvalue weighted by Crippen LogP contribution is 2.26. The van der Waals surface area contributed by atoms with Gasteiger partial charge < -0.3 is 9.64 Å². The third-order valence-electron chi connectivity index (χ3n) is 3.20. The molecular weight excluding hydrogens is 296 g/mol. The summed E-state index contributed by atoms with van der Waals surface area (Å²) in [6.45, 7) is 5.46. The van der Waals surface area contributed by atoms with Crippen molar-refractivity contribution in [2.24, 2.45) is 0 Å². The van der Waals surface area contributed by atoms with Gasteiger partial charge in [0.05, 0.1) is 30.8 Å². The number of anilines is 1. The van der Waals surface area contributed by atoms with Crippen LogP contribution in [0.4, 0.5) is 5.69 Å². The fourth-order valence-electron chi connectivity index (χ4n) is 2.23. The molecule has 96 valence electrons. The van der Waals surface area contributed by atoms with Gasteiger partial charge in [-0.25, -0.2) is 9.50 Å². The molecule has 2 aromatic rings. The Morgan fingerprint density at radius 1 is 1.39 bits per heavy atom. The minimum Gasteiger partial charge on any atom is -0.378 e. The van der Waals surface area contributed by atoms with E-state index in [0.29, 0.717) is 0 Å². The normalized spacial score (nSPS) is 16.4. The number of aromatic nitrogens is 3. The van der Waals surface area contributed by atoms with Crippen molar-refractivity contribution >= 4 is 27.3 Å². The Kier molecular flexibility index (Phi) is 3.22. The molecule has 0 aromatic carbocycles. The van der Waals surface area contributed by atoms with Crippen LogP contribution >= 0.6 is 15.9 Å². The number of ether oxygens (including phenoxy) is 1. The number of hydrogen-bond donors (Lipinski definition) is 0. The third-order valence-corrected chi connectivity index (χ3v) is 3.99. The molecule has 0 unspecified atom stereocenters. The second-order valence-corrected chi connectivity index (χ2v) is 5.01. The van der Waals surface area contributed by atoms with Gasteiger partial charge in [-0.2, -0.15) is 5.10 Å². The fourth-order valence-corrected chi connectivity index (χ4v) is 2.86. The highest BCUT2D eigenvalue weighted by Gasteiger charge is 2.18. The number of imidazole rings is 1. The van der Waals surface area contributed by atoms with Crippen molar-refractivity contribution in [1.29, 1.82) is 0 Å². The molecule has 0 saturated carbocycles. The predicted molar refractivity (Wildman–Crippen MR) is 73.1 cm³/mol. The van der Waals surface area contributed by atoms with Crippen LogP contribution in [0, 0.1) is 0 Å². The number of nitrogens with zero attached hydrogens (tertiary/aromatic N) is 4. The Hall–Kier alpha value is -1.14. The number of aryl methyl sites for hydroxylation is 1. The first-order valence-electron chi connectivity index (χ1n) is 6.16. The minimum atomic E-state index is 0.775. The second-order valence-electron chi connectivity index (χ2n) is 4.25. The number of hydrogen-bond acceptors (Lipinski definition) is 4. The maximum Gasteiger partial charge on any atom is 0.178 e. The average Bonchev–Trinajstić information content (AvgIpc) is 2.77. The Morgan fingerprint density at radius 2 is 2.17 bits per heavy atom. The maximum absolute atomic E-state index is 5.39. The monoisotopic (exact) mass is 310 g/mol. The molecular formula is C12H15BrN4O. The standard InChI is InChI=1S/C12H15BrN4O/c1-2-9-11(13)17-12(15-9)10(3-4-14-17)16-5-7-18-8-6-16/h3-4H,2,5-8H2,1H3. The Morgan fingerprint density at radius 3 is 2.89 bits per heavy atom. The van der Waals surface area contributed by atoms with E-state index in [-0.39, 0.29) is 0 Å². The number of rotatable bonds is 2. The minimum absolute atomic E-state index is 0.775. The van der Waals surface area contributed by atoms with Crippen molar-refractivity contribution in [3.63, 3.8) is 0 Å². The molecule has 1 aliphatic heterocycles. The lowest BCUT2D eigenvalue weighted by molar-refractivity contribution is 0.123. The molecule has 2 aromatic heterocycles. The van der Waals surface area contributed by atoms with Crippen LogP contribution in [0.15, 0.2) is 16.9 Å². The zero-order valence-corrected chi connectivity index (χ0v) is 11.9. The molecule has 3 rings (SSSR count). The van der Waals surface area contributed by atoms with Crippen molar-refractivity contribution in [2.45, 2.75) is 13.3 Å². The predicted octanol–water partition coefficient (Wildman–Crippen LogP) is 1.89. The summed E-state index contributed by atoms with van der Waals surface area (Å²) in [6.07, 6.45) is 2.72. The van der Waals surface area contributed by atoms with Crippen LogP contribution in [0.5, 0.6) is 0 Å². The summed E-state index contributed by atoms with van der Waals surface area (Å²) in [7, 11) is 0. The molecule has 0 radical (unpaired) electrons. The summed E-state index contributed by atoms with van der Waals surface area (Å²) < 4.78 is 8.21. The SMILES string of the molecule is CCc1nc2c(N3CCOCC3)ccnn2c1Br. The topological polar surface area (TPSA) is 42.7 Å². The van der Waals surface area contributed by atoms with Gasteiger partial charge in [0.15, 0.2) is 5.65 Å². The lowest BCUT2D eigenvalue weighted by Crippen LogP contribution is -2.36. The molecule has 18 heavy (non-hydrogen) atoms. The van der Waals surface area contributed by atoms with Crippen LogP contribution in [0.3, 0.4) is 0 Å². The van der Waals surface area contributed by atoms with E-state index in [1.54, 1.807) is 0 Å². The van der Waals surface area contributed by atoms with Crippen LogP contribution in [0.1, 0.15) is 12.6 Å². The largest absolute Gasteiger partial charge is 0.378 e. The number of halogens is 1. The van der Waals surface area contributed by atoms with Crippen LogP contribution < -0.4 is 4.90 Å². The smallest absolute Gasteiger partial charge is 0.178 e. The van der Waals surface area contributed by atoms with Crippen LogP contribution in [0.2, 0.25) is 0 Å². The summed E-state index contributed by atoms with van der Waals surface area (Å²) in [4.78, 5) is 6.98. The molecule has 6 heteroatoms. The van der Waals surface area contributed by atoms with Crippen molar-refractivity contribution < 1.29 is 4.74 Å². The zero-order chi connectivity index (χ0) is 12.5. The van der Waals surface area contributed by atoms with E-state index in [0.717, 1.165) is 54.4 Å². The summed E-state index contributed by atoms with van der Waals surface area (Å²) >= 11 is 3.56. The Bertz CT molecular complexity index is 562. The number of morpholine rings is 1. The fraction of sp³-hybridized carbons (Fsp3) is 0.500. The zero-order valence-electron chi connectivity index (χ0n) is 10.3. The van der Waals surface area contributed by atoms with E-state index < -0.39 is 0 Å². The summed E-state index contributed by atoms with van der Waals surface area (Å²) in [5, 5.41) is 4.35. The number of fused-ring (bicyclic) bond motifs is 1. The van der Waals surface area contributed by atoms with Crippen LogP contribution in [-0.4, -0.2) is 40.9 Å². The molecule has 0 atom stereocenters. The van der Waals surface area contributed by atoms with E-state index >= 15 is 0 Å². The lowest BCUT2D eigenvalue weighted by Gasteiger charge is -2.28. The molecule has 0 bridgehead atoms. The first kappa shape index (κ1) is 11.9. The molecule has 0 N–H and O–H groups in total. The summed E-state index contributed by atoms with van der Waals surface area (Å²) in [6, 6.07) is 2.03. The molecule has 0 amide bonds. The molecule has 0 aliphatic carbocycles. The second kappa shape index (κ2) is 4.85. The van der Waals surface area contributed by atoms with Gasteiger partial charge in [0.25, 0.3) is 0 Å². The molecule has 0 spiro atoms. The first-order chi connectivity index (χ1) is 8.81. The van der Waals surface area contributed by atoms with Crippen molar-refractivity contribution in [3.8, 4) is 0 Å². The molecule has 1 fully saturated rings. The van der Waals surface area contributed by atoms with E-state index in [2.05, 4.69) is 37.8 Å².